The van der Waals surface area contributed by atoms with Gasteiger partial charge in [-0.1, -0.05) is 66.2 Å². The summed E-state index contributed by atoms with van der Waals surface area (Å²) in [6.07, 6.45) is 0.708. The first-order chi connectivity index (χ1) is 12.2. The van der Waals surface area contributed by atoms with Gasteiger partial charge in [0.1, 0.15) is 5.82 Å². The number of anilines is 1. The van der Waals surface area contributed by atoms with E-state index < -0.39 is 0 Å². The van der Waals surface area contributed by atoms with Gasteiger partial charge in [0.25, 0.3) is 0 Å². The fourth-order valence-corrected chi connectivity index (χ4v) is 3.25. The Bertz CT molecular complexity index is 907. The monoisotopic (exact) mass is 350 g/mol. The summed E-state index contributed by atoms with van der Waals surface area (Å²) in [5, 5.41) is 7.22. The maximum atomic E-state index is 14.4. The topological polar surface area (TPSA) is 15.6 Å². The summed E-state index contributed by atoms with van der Waals surface area (Å²) in [5.41, 5.74) is 3.52. The second-order valence-corrected chi connectivity index (χ2v) is 6.42. The van der Waals surface area contributed by atoms with Crippen LogP contribution in [0.15, 0.2) is 84.0 Å². The molecule has 4 heteroatoms. The van der Waals surface area contributed by atoms with Gasteiger partial charge in [-0.15, -0.1) is 0 Å². The predicted molar refractivity (Wildman–Crippen MR) is 101 cm³/mol. The lowest BCUT2D eigenvalue weighted by Crippen LogP contribution is -2.19. The van der Waals surface area contributed by atoms with Crippen molar-refractivity contribution < 1.29 is 4.39 Å². The van der Waals surface area contributed by atoms with E-state index in [2.05, 4.69) is 12.1 Å². The summed E-state index contributed by atoms with van der Waals surface area (Å²) in [4.78, 5) is 0. The summed E-state index contributed by atoms with van der Waals surface area (Å²) in [7, 11) is 0. The Hall–Kier alpha value is -2.65. The quantitative estimate of drug-likeness (QED) is 0.579. The molecule has 2 nitrogen and oxygen atoms in total. The molecule has 1 aliphatic heterocycles. The minimum Gasteiger partial charge on any atom is -0.254 e. The molecule has 1 unspecified atom stereocenters. The lowest BCUT2D eigenvalue weighted by Gasteiger charge is -2.24. The van der Waals surface area contributed by atoms with E-state index in [1.54, 1.807) is 17.1 Å². The fraction of sp³-hybridized carbons (Fsp3) is 0.0952. The van der Waals surface area contributed by atoms with Crippen LogP contribution in [0.25, 0.3) is 0 Å². The second kappa shape index (κ2) is 6.69. The fourth-order valence-electron chi connectivity index (χ4n) is 3.12. The van der Waals surface area contributed by atoms with Crippen LogP contribution in [0.3, 0.4) is 0 Å². The van der Waals surface area contributed by atoms with Crippen molar-refractivity contribution in [2.45, 2.75) is 12.5 Å². The molecule has 0 spiro atoms. The molecule has 0 bridgehead atoms. The zero-order chi connectivity index (χ0) is 17.2. The van der Waals surface area contributed by atoms with Crippen molar-refractivity contribution in [2.24, 2.45) is 5.10 Å². The Morgan fingerprint density at radius 1 is 0.880 bits per heavy atom. The molecule has 0 N–H and O–H groups in total. The Morgan fingerprint density at radius 3 is 2.28 bits per heavy atom. The molecule has 0 radical (unpaired) electrons. The molecule has 3 aromatic rings. The van der Waals surface area contributed by atoms with E-state index in [1.165, 1.54) is 6.07 Å². The maximum Gasteiger partial charge on any atom is 0.148 e. The molecule has 0 amide bonds. The third-order valence-corrected chi connectivity index (χ3v) is 4.62. The van der Waals surface area contributed by atoms with Crippen molar-refractivity contribution >= 4 is 23.0 Å². The molecule has 3 aromatic carbocycles. The molecule has 124 valence electrons. The van der Waals surface area contributed by atoms with Gasteiger partial charge in [0.2, 0.25) is 0 Å². The maximum absolute atomic E-state index is 14.4. The van der Waals surface area contributed by atoms with Gasteiger partial charge in [-0.05, 0) is 35.4 Å². The highest BCUT2D eigenvalue weighted by Crippen LogP contribution is 2.37. The summed E-state index contributed by atoms with van der Waals surface area (Å²) in [6.45, 7) is 0. The van der Waals surface area contributed by atoms with Gasteiger partial charge in [-0.3, -0.25) is 5.01 Å². The number of halogens is 2. The van der Waals surface area contributed by atoms with Crippen LogP contribution in [0.5, 0.6) is 0 Å². The van der Waals surface area contributed by atoms with Crippen LogP contribution >= 0.6 is 11.6 Å². The number of rotatable bonds is 3. The van der Waals surface area contributed by atoms with Crippen molar-refractivity contribution in [3.05, 3.63) is 101 Å². The van der Waals surface area contributed by atoms with E-state index in [9.17, 15) is 4.39 Å². The van der Waals surface area contributed by atoms with Crippen LogP contribution in [0, 0.1) is 5.82 Å². The highest BCUT2D eigenvalue weighted by molar-refractivity contribution is 6.30. The van der Waals surface area contributed by atoms with Gasteiger partial charge in [0.05, 0.1) is 17.4 Å². The van der Waals surface area contributed by atoms with Crippen LogP contribution in [-0.2, 0) is 0 Å². The van der Waals surface area contributed by atoms with Gasteiger partial charge in [0.15, 0.2) is 0 Å². The van der Waals surface area contributed by atoms with Crippen molar-refractivity contribution in [3.8, 4) is 0 Å². The lowest BCUT2D eigenvalue weighted by molar-refractivity contribution is 0.606. The molecular formula is C21H16ClFN2. The SMILES string of the molecule is Fc1ccccc1N1N=C(c2ccc(Cl)cc2)CC1c1ccccc1. The zero-order valence-corrected chi connectivity index (χ0v) is 14.2. The second-order valence-electron chi connectivity index (χ2n) is 5.98. The molecule has 0 fully saturated rings. The van der Waals surface area contributed by atoms with E-state index in [1.807, 2.05) is 48.5 Å². The van der Waals surface area contributed by atoms with Crippen molar-refractivity contribution in [3.63, 3.8) is 0 Å². The Labute approximate surface area is 151 Å². The molecule has 1 atom stereocenters. The number of hydrogen-bond acceptors (Lipinski definition) is 2. The smallest absolute Gasteiger partial charge is 0.148 e. The molecule has 1 heterocycles. The molecule has 4 rings (SSSR count). The van der Waals surface area contributed by atoms with Gasteiger partial charge >= 0.3 is 0 Å². The number of benzene rings is 3. The van der Waals surface area contributed by atoms with Crippen molar-refractivity contribution in [2.75, 3.05) is 5.01 Å². The Kier molecular flexibility index (Phi) is 4.24. The Morgan fingerprint density at radius 2 is 1.56 bits per heavy atom. The Balaban J connectivity index is 1.77. The molecule has 1 aliphatic rings. The van der Waals surface area contributed by atoms with Crippen LogP contribution < -0.4 is 5.01 Å². The average Bonchev–Trinajstić information content (AvgIpc) is 3.08. The van der Waals surface area contributed by atoms with E-state index in [-0.39, 0.29) is 11.9 Å². The number of para-hydroxylation sites is 1. The minimum atomic E-state index is -0.274. The molecule has 0 aromatic heterocycles. The normalized spacial score (nSPS) is 16.8. The van der Waals surface area contributed by atoms with Crippen LogP contribution in [-0.4, -0.2) is 5.71 Å². The third-order valence-electron chi connectivity index (χ3n) is 4.37. The zero-order valence-electron chi connectivity index (χ0n) is 13.4. The van der Waals surface area contributed by atoms with Crippen molar-refractivity contribution in [1.82, 2.24) is 0 Å². The highest BCUT2D eigenvalue weighted by atomic mass is 35.5. The van der Waals surface area contributed by atoms with Gasteiger partial charge in [-0.2, -0.15) is 5.10 Å². The highest BCUT2D eigenvalue weighted by Gasteiger charge is 2.31. The predicted octanol–water partition coefficient (Wildman–Crippen LogP) is 5.83. The van der Waals surface area contributed by atoms with E-state index >= 15 is 0 Å². The van der Waals surface area contributed by atoms with Crippen molar-refractivity contribution in [1.29, 1.82) is 0 Å². The molecule has 25 heavy (non-hydrogen) atoms. The summed E-state index contributed by atoms with van der Waals surface area (Å²) >= 11 is 5.99. The molecule has 0 saturated carbocycles. The summed E-state index contributed by atoms with van der Waals surface area (Å²) < 4.78 is 14.4. The lowest BCUT2D eigenvalue weighted by atomic mass is 9.98. The van der Waals surface area contributed by atoms with E-state index in [0.29, 0.717) is 17.1 Å². The van der Waals surface area contributed by atoms with Gasteiger partial charge < -0.3 is 0 Å². The number of hydrogen-bond donors (Lipinski definition) is 0. The van der Waals surface area contributed by atoms with Crippen LogP contribution in [0.2, 0.25) is 5.02 Å². The first-order valence-corrected chi connectivity index (χ1v) is 8.52. The largest absolute Gasteiger partial charge is 0.254 e. The first kappa shape index (κ1) is 15.9. The third kappa shape index (κ3) is 3.15. The minimum absolute atomic E-state index is 0.0382. The molecular weight excluding hydrogens is 335 g/mol. The number of nitrogens with zero attached hydrogens (tertiary/aromatic N) is 2. The standard InChI is InChI=1S/C21H16ClFN2/c22-17-12-10-15(11-13-17)19-14-21(16-6-2-1-3-7-16)25(24-19)20-9-5-4-8-18(20)23/h1-13,21H,14H2. The van der Waals surface area contributed by atoms with Crippen LogP contribution in [0.4, 0.5) is 10.1 Å². The van der Waals surface area contributed by atoms with Gasteiger partial charge in [0, 0.05) is 11.4 Å². The molecule has 0 aliphatic carbocycles. The number of hydrazone groups is 1. The van der Waals surface area contributed by atoms with Crippen LogP contribution in [0.1, 0.15) is 23.6 Å². The summed E-state index contributed by atoms with van der Waals surface area (Å²) in [5.74, 6) is -0.274. The average molecular weight is 351 g/mol. The first-order valence-electron chi connectivity index (χ1n) is 8.14. The van der Waals surface area contributed by atoms with Gasteiger partial charge in [-0.25, -0.2) is 4.39 Å². The van der Waals surface area contributed by atoms with E-state index in [0.717, 1.165) is 16.8 Å². The summed E-state index contributed by atoms with van der Waals surface area (Å²) in [6, 6.07) is 24.4. The van der Waals surface area contributed by atoms with E-state index in [4.69, 9.17) is 16.7 Å². The molecule has 0 saturated heterocycles.